The fourth-order valence-electron chi connectivity index (χ4n) is 3.68. The largest absolute Gasteiger partial charge is 0.493 e. The molecule has 0 spiro atoms. The second-order valence-corrected chi connectivity index (χ2v) is 7.87. The zero-order valence-electron chi connectivity index (χ0n) is 17.0. The Bertz CT molecular complexity index is 806. The number of methoxy groups -OCH3 is 1. The molecule has 156 valence electrons. The van der Waals surface area contributed by atoms with Gasteiger partial charge in [0.2, 0.25) is 0 Å². The molecular formula is C23H30ClN2O3+. The Labute approximate surface area is 177 Å². The number of benzene rings is 2. The molecule has 1 aliphatic carbocycles. The van der Waals surface area contributed by atoms with Crippen molar-refractivity contribution in [2.24, 2.45) is 0 Å². The van der Waals surface area contributed by atoms with Crippen molar-refractivity contribution in [1.82, 2.24) is 5.32 Å². The van der Waals surface area contributed by atoms with E-state index in [0.29, 0.717) is 11.5 Å². The smallest absolute Gasteiger partial charge is 0.258 e. The third-order valence-corrected chi connectivity index (χ3v) is 5.63. The number of amides is 1. The van der Waals surface area contributed by atoms with Gasteiger partial charge < -0.3 is 20.1 Å². The van der Waals surface area contributed by atoms with Gasteiger partial charge in [0.1, 0.15) is 13.1 Å². The van der Waals surface area contributed by atoms with Crippen LogP contribution in [0.2, 0.25) is 5.02 Å². The van der Waals surface area contributed by atoms with E-state index in [1.54, 1.807) is 7.11 Å². The summed E-state index contributed by atoms with van der Waals surface area (Å²) in [7, 11) is 1.61. The SMILES string of the molecule is COc1cc(C[NH2+]Cc2ccccc2Cl)ccc1OCC(=O)NC1CCCCC1. The summed E-state index contributed by atoms with van der Waals surface area (Å²) < 4.78 is 11.2. The number of halogens is 1. The van der Waals surface area contributed by atoms with Crippen molar-refractivity contribution in [2.45, 2.75) is 51.2 Å². The number of carbonyl (C=O) groups is 1. The van der Waals surface area contributed by atoms with E-state index in [2.05, 4.69) is 10.6 Å². The normalized spacial score (nSPS) is 14.4. The molecule has 5 nitrogen and oxygen atoms in total. The predicted molar refractivity (Wildman–Crippen MR) is 114 cm³/mol. The molecule has 2 aromatic rings. The third kappa shape index (κ3) is 6.65. The number of hydrogen-bond donors (Lipinski definition) is 2. The van der Waals surface area contributed by atoms with Crippen molar-refractivity contribution in [3.63, 3.8) is 0 Å². The molecule has 1 fully saturated rings. The molecule has 0 aliphatic heterocycles. The Kier molecular flexibility index (Phi) is 8.20. The molecule has 0 atom stereocenters. The highest BCUT2D eigenvalue weighted by Crippen LogP contribution is 2.28. The quantitative estimate of drug-likeness (QED) is 0.656. The lowest BCUT2D eigenvalue weighted by atomic mass is 9.95. The van der Waals surface area contributed by atoms with Crippen molar-refractivity contribution in [1.29, 1.82) is 0 Å². The van der Waals surface area contributed by atoms with E-state index in [1.165, 1.54) is 19.3 Å². The highest BCUT2D eigenvalue weighted by Gasteiger charge is 2.16. The molecule has 0 bridgehead atoms. The maximum atomic E-state index is 12.2. The number of rotatable bonds is 9. The maximum Gasteiger partial charge on any atom is 0.258 e. The highest BCUT2D eigenvalue weighted by atomic mass is 35.5. The van der Waals surface area contributed by atoms with Crippen LogP contribution in [0.25, 0.3) is 0 Å². The van der Waals surface area contributed by atoms with Crippen molar-refractivity contribution >= 4 is 17.5 Å². The average molecular weight is 418 g/mol. The number of hydrogen-bond acceptors (Lipinski definition) is 3. The van der Waals surface area contributed by atoms with Crippen LogP contribution in [0, 0.1) is 0 Å². The van der Waals surface area contributed by atoms with Crippen LogP contribution in [-0.4, -0.2) is 25.7 Å². The summed E-state index contributed by atoms with van der Waals surface area (Å²) in [4.78, 5) is 12.2. The van der Waals surface area contributed by atoms with E-state index in [0.717, 1.165) is 42.1 Å². The molecule has 29 heavy (non-hydrogen) atoms. The van der Waals surface area contributed by atoms with Gasteiger partial charge in [0.05, 0.1) is 7.11 Å². The summed E-state index contributed by atoms with van der Waals surface area (Å²) in [6.07, 6.45) is 5.77. The van der Waals surface area contributed by atoms with E-state index in [9.17, 15) is 4.79 Å². The summed E-state index contributed by atoms with van der Waals surface area (Å²) in [5.41, 5.74) is 2.23. The van der Waals surface area contributed by atoms with Crippen LogP contribution in [0.3, 0.4) is 0 Å². The molecule has 1 saturated carbocycles. The monoisotopic (exact) mass is 417 g/mol. The molecule has 2 aromatic carbocycles. The first-order valence-corrected chi connectivity index (χ1v) is 10.7. The lowest BCUT2D eigenvalue weighted by molar-refractivity contribution is -0.686. The Morgan fingerprint density at radius 3 is 2.66 bits per heavy atom. The minimum absolute atomic E-state index is 0.00480. The molecule has 1 aliphatic rings. The van der Waals surface area contributed by atoms with Gasteiger partial charge in [-0.25, -0.2) is 0 Å². The van der Waals surface area contributed by atoms with E-state index >= 15 is 0 Å². The molecule has 0 unspecified atom stereocenters. The predicted octanol–water partition coefficient (Wildman–Crippen LogP) is 3.44. The molecule has 6 heteroatoms. The van der Waals surface area contributed by atoms with Crippen LogP contribution in [0.1, 0.15) is 43.2 Å². The molecule has 3 N–H and O–H groups in total. The maximum absolute atomic E-state index is 12.2. The Hall–Kier alpha value is -2.24. The number of carbonyl (C=O) groups excluding carboxylic acids is 1. The van der Waals surface area contributed by atoms with Crippen molar-refractivity contribution in [3.05, 3.63) is 58.6 Å². The van der Waals surface area contributed by atoms with Crippen molar-refractivity contribution in [2.75, 3.05) is 13.7 Å². The molecule has 0 aromatic heterocycles. The molecule has 0 radical (unpaired) electrons. The average Bonchev–Trinajstić information content (AvgIpc) is 2.74. The molecule has 0 saturated heterocycles. The van der Waals surface area contributed by atoms with Crippen LogP contribution in [0.15, 0.2) is 42.5 Å². The molecule has 0 heterocycles. The first kappa shape index (κ1) is 21.5. The van der Waals surface area contributed by atoms with Gasteiger partial charge in [0.15, 0.2) is 18.1 Å². The van der Waals surface area contributed by atoms with Gasteiger partial charge in [-0.2, -0.15) is 0 Å². The minimum atomic E-state index is -0.0731. The minimum Gasteiger partial charge on any atom is -0.493 e. The second-order valence-electron chi connectivity index (χ2n) is 7.46. The van der Waals surface area contributed by atoms with Crippen molar-refractivity contribution < 1.29 is 19.6 Å². The van der Waals surface area contributed by atoms with Crippen LogP contribution in [-0.2, 0) is 17.9 Å². The lowest BCUT2D eigenvalue weighted by Crippen LogP contribution is -2.80. The van der Waals surface area contributed by atoms with Crippen LogP contribution in [0.4, 0.5) is 0 Å². The lowest BCUT2D eigenvalue weighted by Gasteiger charge is -2.22. The Morgan fingerprint density at radius 2 is 1.90 bits per heavy atom. The Balaban J connectivity index is 1.49. The van der Waals surface area contributed by atoms with Crippen LogP contribution < -0.4 is 20.1 Å². The standard InChI is InChI=1S/C23H29ClN2O3/c1-28-22-13-17(14-25-15-18-7-5-6-10-20(18)24)11-12-21(22)29-16-23(27)26-19-8-3-2-4-9-19/h5-7,10-13,19,25H,2-4,8-9,14-16H2,1H3,(H,26,27)/p+1. The van der Waals surface area contributed by atoms with Crippen LogP contribution >= 0.6 is 11.6 Å². The van der Waals surface area contributed by atoms with Gasteiger partial charge in [0, 0.05) is 22.2 Å². The first-order chi connectivity index (χ1) is 14.2. The zero-order valence-corrected chi connectivity index (χ0v) is 17.7. The number of nitrogens with two attached hydrogens (primary N) is 1. The van der Waals surface area contributed by atoms with Gasteiger partial charge in [-0.05, 0) is 37.1 Å². The van der Waals surface area contributed by atoms with Crippen molar-refractivity contribution in [3.8, 4) is 11.5 Å². The van der Waals surface area contributed by atoms with E-state index in [4.69, 9.17) is 21.1 Å². The second kappa shape index (κ2) is 11.1. The van der Waals surface area contributed by atoms with E-state index in [-0.39, 0.29) is 18.6 Å². The summed E-state index contributed by atoms with van der Waals surface area (Å²) >= 11 is 6.21. The first-order valence-electron chi connectivity index (χ1n) is 10.3. The summed E-state index contributed by atoms with van der Waals surface area (Å²) in [6.45, 7) is 1.61. The Morgan fingerprint density at radius 1 is 1.10 bits per heavy atom. The molecule has 3 rings (SSSR count). The fourth-order valence-corrected chi connectivity index (χ4v) is 3.89. The summed E-state index contributed by atoms with van der Waals surface area (Å²) in [5, 5.41) is 6.04. The third-order valence-electron chi connectivity index (χ3n) is 5.26. The zero-order chi connectivity index (χ0) is 20.5. The number of quaternary nitrogens is 1. The van der Waals surface area contributed by atoms with Gasteiger partial charge in [-0.3, -0.25) is 4.79 Å². The van der Waals surface area contributed by atoms with Gasteiger partial charge in [-0.1, -0.05) is 49.1 Å². The summed E-state index contributed by atoms with van der Waals surface area (Å²) in [5.74, 6) is 1.15. The molecular weight excluding hydrogens is 388 g/mol. The fraction of sp³-hybridized carbons (Fsp3) is 0.435. The van der Waals surface area contributed by atoms with E-state index in [1.807, 2.05) is 42.5 Å². The number of ether oxygens (including phenoxy) is 2. The van der Waals surface area contributed by atoms with Crippen LogP contribution in [0.5, 0.6) is 11.5 Å². The topological polar surface area (TPSA) is 64.2 Å². The summed E-state index contributed by atoms with van der Waals surface area (Å²) in [6, 6.07) is 14.0. The van der Waals surface area contributed by atoms with E-state index < -0.39 is 0 Å². The van der Waals surface area contributed by atoms with Gasteiger partial charge >= 0.3 is 0 Å². The molecule has 1 amide bonds. The number of nitrogens with one attached hydrogen (secondary N) is 1. The highest BCUT2D eigenvalue weighted by molar-refractivity contribution is 6.31. The van der Waals surface area contributed by atoms with Gasteiger partial charge in [-0.15, -0.1) is 0 Å². The van der Waals surface area contributed by atoms with Gasteiger partial charge in [0.25, 0.3) is 5.91 Å².